The second-order valence-corrected chi connectivity index (χ2v) is 8.27. The van der Waals surface area contributed by atoms with Crippen molar-refractivity contribution in [1.29, 1.82) is 0 Å². The zero-order chi connectivity index (χ0) is 21.7. The second-order valence-electron chi connectivity index (χ2n) is 8.27. The standard InChI is InChI=1S/C24H21N5O3/c30-20(13-29-14-25-21-16-7-1-4-10-19(16)32-22(21)24(29)31)28-11-5-6-15(12-28)23-26-17-8-2-3-9-18(17)27-23/h1-4,7-10,14-15H,5-6,11-13H2,(H,26,27). The second kappa shape index (κ2) is 7.33. The summed E-state index contributed by atoms with van der Waals surface area (Å²) in [4.78, 5) is 40.3. The van der Waals surface area contributed by atoms with E-state index >= 15 is 0 Å². The molecule has 1 saturated heterocycles. The summed E-state index contributed by atoms with van der Waals surface area (Å²) in [6.07, 6.45) is 3.30. The largest absolute Gasteiger partial charge is 0.448 e. The highest BCUT2D eigenvalue weighted by Gasteiger charge is 2.27. The van der Waals surface area contributed by atoms with E-state index in [1.165, 1.54) is 10.9 Å². The van der Waals surface area contributed by atoms with Crippen molar-refractivity contribution in [3.05, 3.63) is 71.0 Å². The van der Waals surface area contributed by atoms with Gasteiger partial charge in [-0.3, -0.25) is 14.2 Å². The van der Waals surface area contributed by atoms with Gasteiger partial charge in [-0.25, -0.2) is 9.97 Å². The number of furan rings is 1. The highest BCUT2D eigenvalue weighted by atomic mass is 16.3. The lowest BCUT2D eigenvalue weighted by Gasteiger charge is -2.32. The van der Waals surface area contributed by atoms with Crippen LogP contribution >= 0.6 is 0 Å². The molecule has 1 amide bonds. The molecule has 1 aliphatic rings. The van der Waals surface area contributed by atoms with Gasteiger partial charge in [0.15, 0.2) is 0 Å². The number of rotatable bonds is 3. The molecule has 8 nitrogen and oxygen atoms in total. The predicted molar refractivity (Wildman–Crippen MR) is 120 cm³/mol. The predicted octanol–water partition coefficient (Wildman–Crippen LogP) is 3.43. The highest BCUT2D eigenvalue weighted by molar-refractivity contribution is 6.01. The van der Waals surface area contributed by atoms with Crippen molar-refractivity contribution in [2.45, 2.75) is 25.3 Å². The summed E-state index contributed by atoms with van der Waals surface area (Å²) in [6.45, 7) is 1.18. The van der Waals surface area contributed by atoms with E-state index in [4.69, 9.17) is 9.40 Å². The molecule has 0 saturated carbocycles. The number of aromatic nitrogens is 4. The number of nitrogens with zero attached hydrogens (tertiary/aromatic N) is 4. The van der Waals surface area contributed by atoms with E-state index in [0.717, 1.165) is 35.1 Å². The maximum Gasteiger partial charge on any atom is 0.297 e. The van der Waals surface area contributed by atoms with E-state index in [0.29, 0.717) is 24.2 Å². The molecule has 2 aromatic carbocycles. The SMILES string of the molecule is O=C(Cn1cnc2c(oc3ccccc32)c1=O)N1CCCC(c2nc3ccccc3[nH]2)C1. The first-order chi connectivity index (χ1) is 15.7. The van der Waals surface area contributed by atoms with Crippen LogP contribution in [-0.2, 0) is 11.3 Å². The Labute approximate surface area is 182 Å². The van der Waals surface area contributed by atoms with E-state index in [1.807, 2.05) is 47.4 Å². The number of para-hydroxylation sites is 3. The van der Waals surface area contributed by atoms with Gasteiger partial charge in [-0.1, -0.05) is 24.3 Å². The van der Waals surface area contributed by atoms with Crippen LogP contribution in [0.15, 0.2) is 64.1 Å². The van der Waals surface area contributed by atoms with Gasteiger partial charge < -0.3 is 14.3 Å². The van der Waals surface area contributed by atoms with Gasteiger partial charge in [-0.2, -0.15) is 0 Å². The normalized spacial score (nSPS) is 16.9. The molecule has 160 valence electrons. The Kier molecular flexibility index (Phi) is 4.31. The lowest BCUT2D eigenvalue weighted by molar-refractivity contribution is -0.133. The van der Waals surface area contributed by atoms with Crippen LogP contribution < -0.4 is 5.56 Å². The molecule has 5 aromatic rings. The molecular formula is C24H21N5O3. The van der Waals surface area contributed by atoms with Gasteiger partial charge in [-0.15, -0.1) is 0 Å². The van der Waals surface area contributed by atoms with Crippen molar-refractivity contribution in [3.63, 3.8) is 0 Å². The van der Waals surface area contributed by atoms with E-state index < -0.39 is 0 Å². The first-order valence-electron chi connectivity index (χ1n) is 10.8. The van der Waals surface area contributed by atoms with E-state index in [2.05, 4.69) is 9.97 Å². The molecule has 4 heterocycles. The Hall–Kier alpha value is -3.94. The minimum Gasteiger partial charge on any atom is -0.448 e. The fourth-order valence-electron chi connectivity index (χ4n) is 4.57. The number of imidazole rings is 1. The third-order valence-corrected chi connectivity index (χ3v) is 6.22. The van der Waals surface area contributed by atoms with Crippen LogP contribution in [0.5, 0.6) is 0 Å². The number of hydrogen-bond donors (Lipinski definition) is 1. The Bertz CT molecular complexity index is 1500. The van der Waals surface area contributed by atoms with E-state index in [1.54, 1.807) is 6.07 Å². The number of H-pyrrole nitrogens is 1. The summed E-state index contributed by atoms with van der Waals surface area (Å²) >= 11 is 0. The molecule has 0 aliphatic carbocycles. The molecule has 1 unspecified atom stereocenters. The number of fused-ring (bicyclic) bond motifs is 4. The average molecular weight is 427 g/mol. The third-order valence-electron chi connectivity index (χ3n) is 6.22. The number of piperidine rings is 1. The summed E-state index contributed by atoms with van der Waals surface area (Å²) < 4.78 is 7.05. The summed E-state index contributed by atoms with van der Waals surface area (Å²) in [6, 6.07) is 15.3. The lowest BCUT2D eigenvalue weighted by atomic mass is 9.97. The molecule has 0 radical (unpaired) electrons. The summed E-state index contributed by atoms with van der Waals surface area (Å²) in [5, 5.41) is 0.794. The van der Waals surface area contributed by atoms with Crippen molar-refractivity contribution in [3.8, 4) is 0 Å². The van der Waals surface area contributed by atoms with Crippen molar-refractivity contribution in [2.75, 3.05) is 13.1 Å². The number of nitrogens with one attached hydrogen (secondary N) is 1. The van der Waals surface area contributed by atoms with Gasteiger partial charge in [0.05, 0.1) is 17.4 Å². The topological polar surface area (TPSA) is 97.0 Å². The van der Waals surface area contributed by atoms with Crippen LogP contribution in [0.2, 0.25) is 0 Å². The summed E-state index contributed by atoms with van der Waals surface area (Å²) in [5.41, 5.74) is 2.91. The molecule has 3 aromatic heterocycles. The van der Waals surface area contributed by atoms with Crippen LogP contribution in [0, 0.1) is 0 Å². The maximum atomic E-state index is 13.1. The number of carbonyl (C=O) groups excluding carboxylic acids is 1. The van der Waals surface area contributed by atoms with Crippen molar-refractivity contribution < 1.29 is 9.21 Å². The molecule has 8 heteroatoms. The van der Waals surface area contributed by atoms with Gasteiger partial charge in [0, 0.05) is 24.4 Å². The van der Waals surface area contributed by atoms with Gasteiger partial charge >= 0.3 is 0 Å². The highest BCUT2D eigenvalue weighted by Crippen LogP contribution is 2.27. The van der Waals surface area contributed by atoms with Crippen LogP contribution in [0.3, 0.4) is 0 Å². The van der Waals surface area contributed by atoms with Crippen molar-refractivity contribution in [1.82, 2.24) is 24.4 Å². The summed E-state index contributed by atoms with van der Waals surface area (Å²) in [5.74, 6) is 0.948. The Morgan fingerprint density at radius 3 is 2.91 bits per heavy atom. The number of hydrogen-bond acceptors (Lipinski definition) is 5. The quantitative estimate of drug-likeness (QED) is 0.476. The molecule has 1 aliphatic heterocycles. The van der Waals surface area contributed by atoms with Crippen molar-refractivity contribution >= 4 is 39.0 Å². The first-order valence-corrected chi connectivity index (χ1v) is 10.8. The molecular weight excluding hydrogens is 406 g/mol. The maximum absolute atomic E-state index is 13.1. The van der Waals surface area contributed by atoms with Crippen LogP contribution in [0.4, 0.5) is 0 Å². The van der Waals surface area contributed by atoms with Gasteiger partial charge in [0.1, 0.15) is 23.5 Å². The molecule has 1 N–H and O–H groups in total. The number of amides is 1. The molecule has 0 spiro atoms. The Morgan fingerprint density at radius 1 is 1.16 bits per heavy atom. The molecule has 0 bridgehead atoms. The average Bonchev–Trinajstić information content (AvgIpc) is 3.43. The minimum absolute atomic E-state index is 0.0638. The fourth-order valence-corrected chi connectivity index (χ4v) is 4.57. The Balaban J connectivity index is 1.24. The van der Waals surface area contributed by atoms with Crippen molar-refractivity contribution in [2.24, 2.45) is 0 Å². The van der Waals surface area contributed by atoms with Crippen LogP contribution in [0.1, 0.15) is 24.6 Å². The van der Waals surface area contributed by atoms with Gasteiger partial charge in [0.25, 0.3) is 5.56 Å². The van der Waals surface area contributed by atoms with Crippen LogP contribution in [-0.4, -0.2) is 43.4 Å². The number of carbonyl (C=O) groups is 1. The summed E-state index contributed by atoms with van der Waals surface area (Å²) in [7, 11) is 0. The number of likely N-dealkylation sites (tertiary alicyclic amines) is 1. The first kappa shape index (κ1) is 18.8. The van der Waals surface area contributed by atoms with Gasteiger partial charge in [0.2, 0.25) is 11.5 Å². The molecule has 6 rings (SSSR count). The minimum atomic E-state index is -0.342. The fraction of sp³-hybridized carbons (Fsp3) is 0.250. The Morgan fingerprint density at radius 2 is 2.00 bits per heavy atom. The monoisotopic (exact) mass is 427 g/mol. The lowest BCUT2D eigenvalue weighted by Crippen LogP contribution is -2.42. The van der Waals surface area contributed by atoms with Gasteiger partial charge in [-0.05, 0) is 37.1 Å². The molecule has 32 heavy (non-hydrogen) atoms. The van der Waals surface area contributed by atoms with E-state index in [-0.39, 0.29) is 29.5 Å². The molecule has 1 fully saturated rings. The van der Waals surface area contributed by atoms with E-state index in [9.17, 15) is 9.59 Å². The number of benzene rings is 2. The third kappa shape index (κ3) is 3.07. The smallest absolute Gasteiger partial charge is 0.297 e. The number of aromatic amines is 1. The zero-order valence-corrected chi connectivity index (χ0v) is 17.3. The van der Waals surface area contributed by atoms with Crippen LogP contribution in [0.25, 0.3) is 33.1 Å². The zero-order valence-electron chi connectivity index (χ0n) is 17.3. The molecule has 1 atom stereocenters.